The number of hydrogen-bond acceptors (Lipinski definition) is 5. The third-order valence-corrected chi connectivity index (χ3v) is 1.97. The highest BCUT2D eigenvalue weighted by atomic mass is 16.3. The monoisotopic (exact) mass is 207 g/mol. The highest BCUT2D eigenvalue weighted by molar-refractivity contribution is 5.22. The topological polar surface area (TPSA) is 68.8 Å². The first kappa shape index (κ1) is 9.70. The number of nitrogens with one attached hydrogen (secondary N) is 1. The Morgan fingerprint density at radius 2 is 2.47 bits per heavy atom. The van der Waals surface area contributed by atoms with E-state index >= 15 is 0 Å². The molecular weight excluding hydrogens is 194 g/mol. The van der Waals surface area contributed by atoms with Gasteiger partial charge < -0.3 is 9.73 Å². The van der Waals surface area contributed by atoms with Crippen LogP contribution in [-0.4, -0.2) is 20.2 Å². The largest absolute Gasteiger partial charge is 0.467 e. The highest BCUT2D eigenvalue weighted by Gasteiger charge is 2.04. The number of nitrogens with zero attached hydrogens (tertiary/aromatic N) is 4. The molecule has 0 bridgehead atoms. The molecule has 0 spiro atoms. The molecule has 2 aromatic heterocycles. The number of hydrogen-bond donors (Lipinski definition) is 1. The maximum Gasteiger partial charge on any atom is 0.243 e. The molecule has 0 radical (unpaired) electrons. The average molecular weight is 207 g/mol. The number of tetrazole rings is 1. The van der Waals surface area contributed by atoms with E-state index in [2.05, 4.69) is 27.8 Å². The first-order chi connectivity index (χ1) is 7.40. The van der Waals surface area contributed by atoms with E-state index in [0.717, 1.165) is 18.7 Å². The van der Waals surface area contributed by atoms with Crippen LogP contribution >= 0.6 is 0 Å². The Kier molecular flexibility index (Phi) is 2.96. The van der Waals surface area contributed by atoms with E-state index in [0.29, 0.717) is 12.5 Å². The smallest absolute Gasteiger partial charge is 0.243 e. The van der Waals surface area contributed by atoms with Crippen LogP contribution in [0.25, 0.3) is 0 Å². The summed E-state index contributed by atoms with van der Waals surface area (Å²) in [5, 5.41) is 14.5. The minimum Gasteiger partial charge on any atom is -0.467 e. The number of anilines is 1. The van der Waals surface area contributed by atoms with Gasteiger partial charge in [0, 0.05) is 6.54 Å². The summed E-state index contributed by atoms with van der Waals surface area (Å²) in [6, 6.07) is 3.76. The van der Waals surface area contributed by atoms with Crippen molar-refractivity contribution in [1.29, 1.82) is 0 Å². The fraction of sp³-hybridized carbons (Fsp3) is 0.444. The van der Waals surface area contributed by atoms with Gasteiger partial charge in [0.05, 0.1) is 12.8 Å². The Labute approximate surface area is 87.3 Å². The molecule has 2 aromatic rings. The van der Waals surface area contributed by atoms with Crippen molar-refractivity contribution in [1.82, 2.24) is 20.2 Å². The molecule has 15 heavy (non-hydrogen) atoms. The second-order valence-corrected chi connectivity index (χ2v) is 3.16. The molecule has 0 aliphatic heterocycles. The lowest BCUT2D eigenvalue weighted by Crippen LogP contribution is -2.08. The predicted octanol–water partition coefficient (Wildman–Crippen LogP) is 1.29. The first-order valence-electron chi connectivity index (χ1n) is 4.92. The van der Waals surface area contributed by atoms with Crippen molar-refractivity contribution in [2.24, 2.45) is 0 Å². The minimum absolute atomic E-state index is 0.594. The quantitative estimate of drug-likeness (QED) is 0.800. The second kappa shape index (κ2) is 4.59. The molecule has 80 valence electrons. The molecule has 0 saturated heterocycles. The van der Waals surface area contributed by atoms with Crippen LogP contribution in [0, 0.1) is 0 Å². The molecule has 0 aliphatic carbocycles. The van der Waals surface area contributed by atoms with Crippen LogP contribution < -0.4 is 5.32 Å². The molecular formula is C9H13N5O. The van der Waals surface area contributed by atoms with Crippen molar-refractivity contribution >= 4 is 5.95 Å². The normalized spacial score (nSPS) is 10.5. The molecule has 0 aliphatic rings. The zero-order valence-electron chi connectivity index (χ0n) is 8.55. The maximum absolute atomic E-state index is 5.19. The van der Waals surface area contributed by atoms with Gasteiger partial charge in [-0.15, -0.1) is 0 Å². The van der Waals surface area contributed by atoms with Gasteiger partial charge in [0.15, 0.2) is 0 Å². The lowest BCUT2D eigenvalue weighted by Gasteiger charge is -2.03. The molecule has 0 amide bonds. The number of furan rings is 1. The van der Waals surface area contributed by atoms with Crippen molar-refractivity contribution < 1.29 is 4.42 Å². The number of aromatic nitrogens is 4. The molecule has 0 unspecified atom stereocenters. The van der Waals surface area contributed by atoms with Crippen LogP contribution in [0.4, 0.5) is 5.95 Å². The second-order valence-electron chi connectivity index (χ2n) is 3.16. The van der Waals surface area contributed by atoms with Gasteiger partial charge in [-0.25, -0.2) is 4.68 Å². The Balaban J connectivity index is 1.95. The summed E-state index contributed by atoms with van der Waals surface area (Å²) in [7, 11) is 0. The van der Waals surface area contributed by atoms with Crippen molar-refractivity contribution in [3.05, 3.63) is 24.2 Å². The summed E-state index contributed by atoms with van der Waals surface area (Å²) in [4.78, 5) is 0. The molecule has 2 heterocycles. The molecule has 6 heteroatoms. The van der Waals surface area contributed by atoms with Gasteiger partial charge in [-0.3, -0.25) is 0 Å². The van der Waals surface area contributed by atoms with Gasteiger partial charge in [-0.1, -0.05) is 12.0 Å². The van der Waals surface area contributed by atoms with E-state index in [9.17, 15) is 0 Å². The van der Waals surface area contributed by atoms with E-state index in [4.69, 9.17) is 4.42 Å². The number of aryl methyl sites for hydroxylation is 1. The van der Waals surface area contributed by atoms with Gasteiger partial charge in [-0.05, 0) is 29.0 Å². The Hall–Kier alpha value is -1.85. The predicted molar refractivity (Wildman–Crippen MR) is 54.1 cm³/mol. The SMILES string of the molecule is CCCn1nnnc1NCc1ccco1. The van der Waals surface area contributed by atoms with Crippen molar-refractivity contribution in [3.8, 4) is 0 Å². The van der Waals surface area contributed by atoms with Gasteiger partial charge in [0.25, 0.3) is 0 Å². The summed E-state index contributed by atoms with van der Waals surface area (Å²) >= 11 is 0. The Bertz CT molecular complexity index is 394. The van der Waals surface area contributed by atoms with Gasteiger partial charge in [0.1, 0.15) is 5.76 Å². The van der Waals surface area contributed by atoms with E-state index in [1.165, 1.54) is 0 Å². The van der Waals surface area contributed by atoms with Gasteiger partial charge in [0.2, 0.25) is 5.95 Å². The molecule has 6 nitrogen and oxygen atoms in total. The van der Waals surface area contributed by atoms with E-state index in [1.54, 1.807) is 10.9 Å². The lowest BCUT2D eigenvalue weighted by atomic mass is 10.4. The summed E-state index contributed by atoms with van der Waals surface area (Å²) in [5.41, 5.74) is 0. The summed E-state index contributed by atoms with van der Waals surface area (Å²) in [6.45, 7) is 3.49. The van der Waals surface area contributed by atoms with Gasteiger partial charge >= 0.3 is 0 Å². The molecule has 0 saturated carbocycles. The van der Waals surface area contributed by atoms with Crippen molar-refractivity contribution in [3.63, 3.8) is 0 Å². The van der Waals surface area contributed by atoms with E-state index < -0.39 is 0 Å². The summed E-state index contributed by atoms with van der Waals surface area (Å²) < 4.78 is 6.93. The van der Waals surface area contributed by atoms with Crippen LogP contribution in [0.1, 0.15) is 19.1 Å². The van der Waals surface area contributed by atoms with Crippen LogP contribution in [-0.2, 0) is 13.1 Å². The molecule has 1 N–H and O–H groups in total. The van der Waals surface area contributed by atoms with Crippen LogP contribution in [0.15, 0.2) is 22.8 Å². The van der Waals surface area contributed by atoms with Crippen molar-refractivity contribution in [2.45, 2.75) is 26.4 Å². The fourth-order valence-electron chi connectivity index (χ4n) is 1.27. The average Bonchev–Trinajstić information content (AvgIpc) is 2.85. The molecule has 0 atom stereocenters. The fourth-order valence-corrected chi connectivity index (χ4v) is 1.27. The molecule has 0 aromatic carbocycles. The lowest BCUT2D eigenvalue weighted by molar-refractivity contribution is 0.515. The summed E-state index contributed by atoms with van der Waals surface area (Å²) in [5.74, 6) is 1.54. The van der Waals surface area contributed by atoms with Crippen LogP contribution in [0.5, 0.6) is 0 Å². The number of rotatable bonds is 5. The highest BCUT2D eigenvalue weighted by Crippen LogP contribution is 2.05. The Morgan fingerprint density at radius 1 is 1.53 bits per heavy atom. The third kappa shape index (κ3) is 2.34. The summed E-state index contributed by atoms with van der Waals surface area (Å²) in [6.07, 6.45) is 2.65. The van der Waals surface area contributed by atoms with Gasteiger partial charge in [-0.2, -0.15) is 0 Å². The third-order valence-electron chi connectivity index (χ3n) is 1.97. The van der Waals surface area contributed by atoms with E-state index in [-0.39, 0.29) is 0 Å². The first-order valence-corrected chi connectivity index (χ1v) is 4.92. The Morgan fingerprint density at radius 3 is 3.20 bits per heavy atom. The minimum atomic E-state index is 0.594. The van der Waals surface area contributed by atoms with Crippen molar-refractivity contribution in [2.75, 3.05) is 5.32 Å². The maximum atomic E-state index is 5.19. The molecule has 2 rings (SSSR count). The molecule has 0 fully saturated rings. The zero-order valence-corrected chi connectivity index (χ0v) is 8.55. The standard InChI is InChI=1S/C9H13N5O/c1-2-5-14-9(11-12-13-14)10-7-8-4-3-6-15-8/h3-4,6H,2,5,7H2,1H3,(H,10,11,13). The zero-order chi connectivity index (χ0) is 10.5. The van der Waals surface area contributed by atoms with Crippen LogP contribution in [0.3, 0.4) is 0 Å². The van der Waals surface area contributed by atoms with Crippen LogP contribution in [0.2, 0.25) is 0 Å². The van der Waals surface area contributed by atoms with E-state index in [1.807, 2.05) is 12.1 Å².